The summed E-state index contributed by atoms with van der Waals surface area (Å²) < 4.78 is 13.7. The highest BCUT2D eigenvalue weighted by molar-refractivity contribution is 6.30. The van der Waals surface area contributed by atoms with E-state index < -0.39 is 5.82 Å². The van der Waals surface area contributed by atoms with Crippen LogP contribution in [-0.4, -0.2) is 43.0 Å². The van der Waals surface area contributed by atoms with Gasteiger partial charge in [0.1, 0.15) is 5.82 Å². The van der Waals surface area contributed by atoms with Crippen LogP contribution in [0.15, 0.2) is 48.5 Å². The van der Waals surface area contributed by atoms with Gasteiger partial charge in [-0.1, -0.05) is 29.8 Å². The van der Waals surface area contributed by atoms with Crippen LogP contribution in [0.3, 0.4) is 0 Å². The molecule has 2 aromatic rings. The van der Waals surface area contributed by atoms with Crippen LogP contribution in [0, 0.1) is 5.82 Å². The lowest BCUT2D eigenvalue weighted by molar-refractivity contribution is -0.120. The molecule has 0 aliphatic carbocycles. The van der Waals surface area contributed by atoms with E-state index in [1.54, 1.807) is 18.2 Å². The summed E-state index contributed by atoms with van der Waals surface area (Å²) in [6.07, 6.45) is 0. The number of nitrogens with zero attached hydrogens (tertiary/aromatic N) is 2. The number of para-hydroxylation sites is 1. The van der Waals surface area contributed by atoms with E-state index in [9.17, 15) is 9.18 Å². The minimum absolute atomic E-state index is 0.193. The summed E-state index contributed by atoms with van der Waals surface area (Å²) in [5, 5.41) is 3.39. The topological polar surface area (TPSA) is 35.6 Å². The average Bonchev–Trinajstić information content (AvgIpc) is 2.63. The molecular formula is C19H21ClFN3O. The summed E-state index contributed by atoms with van der Waals surface area (Å²) in [5.74, 6) is -0.616. The minimum atomic E-state index is -0.422. The first kappa shape index (κ1) is 17.7. The largest absolute Gasteiger partial charge is 0.369 e. The van der Waals surface area contributed by atoms with Crippen molar-refractivity contribution in [1.29, 1.82) is 0 Å². The lowest BCUT2D eigenvalue weighted by atomic mass is 10.2. The van der Waals surface area contributed by atoms with Gasteiger partial charge in [-0.3, -0.25) is 9.69 Å². The molecular weight excluding hydrogens is 341 g/mol. The molecule has 6 heteroatoms. The van der Waals surface area contributed by atoms with E-state index in [1.165, 1.54) is 6.07 Å². The van der Waals surface area contributed by atoms with Crippen LogP contribution in [0.25, 0.3) is 0 Å². The summed E-state index contributed by atoms with van der Waals surface area (Å²) >= 11 is 6.05. The molecule has 1 heterocycles. The smallest absolute Gasteiger partial charge is 0.241 e. The van der Waals surface area contributed by atoms with Crippen LogP contribution in [-0.2, 0) is 4.79 Å². The standard InChI is InChI=1S/C19H21ClFN3O/c1-14(19(25)22-18-8-3-2-7-17(18)21)23-9-11-24(12-10-23)16-6-4-5-15(20)13-16/h2-8,13-14H,9-12H2,1H3,(H,22,25)/t14-/m1/s1. The Morgan fingerprint density at radius 1 is 1.12 bits per heavy atom. The number of piperazine rings is 1. The number of rotatable bonds is 4. The van der Waals surface area contributed by atoms with Gasteiger partial charge >= 0.3 is 0 Å². The van der Waals surface area contributed by atoms with E-state index in [-0.39, 0.29) is 17.6 Å². The zero-order chi connectivity index (χ0) is 17.8. The summed E-state index contributed by atoms with van der Waals surface area (Å²) in [7, 11) is 0. The quantitative estimate of drug-likeness (QED) is 0.903. The maximum atomic E-state index is 13.7. The number of hydrogen-bond donors (Lipinski definition) is 1. The molecule has 0 unspecified atom stereocenters. The lowest BCUT2D eigenvalue weighted by Crippen LogP contribution is -2.52. The molecule has 1 aliphatic heterocycles. The molecule has 1 fully saturated rings. The Balaban J connectivity index is 1.57. The second kappa shape index (κ2) is 7.85. The van der Waals surface area contributed by atoms with Crippen molar-refractivity contribution in [3.63, 3.8) is 0 Å². The van der Waals surface area contributed by atoms with Gasteiger partial charge in [-0.25, -0.2) is 4.39 Å². The van der Waals surface area contributed by atoms with Gasteiger partial charge in [0.25, 0.3) is 0 Å². The molecule has 0 radical (unpaired) electrons. The molecule has 4 nitrogen and oxygen atoms in total. The second-order valence-corrected chi connectivity index (χ2v) is 6.58. The molecule has 1 amide bonds. The molecule has 1 N–H and O–H groups in total. The highest BCUT2D eigenvalue weighted by Gasteiger charge is 2.26. The minimum Gasteiger partial charge on any atom is -0.369 e. The van der Waals surface area contributed by atoms with Gasteiger partial charge in [0.15, 0.2) is 0 Å². The van der Waals surface area contributed by atoms with Gasteiger partial charge in [0, 0.05) is 36.9 Å². The maximum Gasteiger partial charge on any atom is 0.241 e. The van der Waals surface area contributed by atoms with Crippen LogP contribution < -0.4 is 10.2 Å². The third kappa shape index (κ3) is 4.30. The van der Waals surface area contributed by atoms with Gasteiger partial charge in [-0.15, -0.1) is 0 Å². The molecule has 0 saturated carbocycles. The summed E-state index contributed by atoms with van der Waals surface area (Å²) in [6.45, 7) is 5.01. The van der Waals surface area contributed by atoms with Gasteiger partial charge in [-0.05, 0) is 37.3 Å². The fourth-order valence-corrected chi connectivity index (χ4v) is 3.19. The van der Waals surface area contributed by atoms with Crippen molar-refractivity contribution in [2.24, 2.45) is 0 Å². The van der Waals surface area contributed by atoms with E-state index in [0.29, 0.717) is 0 Å². The molecule has 2 aromatic carbocycles. The number of amides is 1. The maximum absolute atomic E-state index is 13.7. The molecule has 25 heavy (non-hydrogen) atoms. The Labute approximate surface area is 152 Å². The van der Waals surface area contributed by atoms with Gasteiger partial charge in [0.05, 0.1) is 11.7 Å². The first-order valence-corrected chi connectivity index (χ1v) is 8.72. The second-order valence-electron chi connectivity index (χ2n) is 6.15. The van der Waals surface area contributed by atoms with Crippen molar-refractivity contribution in [2.45, 2.75) is 13.0 Å². The van der Waals surface area contributed by atoms with Crippen LogP contribution in [0.1, 0.15) is 6.92 Å². The predicted octanol–water partition coefficient (Wildman–Crippen LogP) is 3.63. The molecule has 0 spiro atoms. The third-order valence-corrected chi connectivity index (χ3v) is 4.78. The normalized spacial score (nSPS) is 16.5. The van der Waals surface area contributed by atoms with E-state index in [0.717, 1.165) is 36.9 Å². The van der Waals surface area contributed by atoms with Crippen LogP contribution in [0.5, 0.6) is 0 Å². The Morgan fingerprint density at radius 3 is 2.52 bits per heavy atom. The monoisotopic (exact) mass is 361 g/mol. The van der Waals surface area contributed by atoms with Gasteiger partial charge in [0.2, 0.25) is 5.91 Å². The fourth-order valence-electron chi connectivity index (χ4n) is 3.01. The zero-order valence-electron chi connectivity index (χ0n) is 14.1. The number of anilines is 2. The van der Waals surface area contributed by atoms with E-state index in [2.05, 4.69) is 15.1 Å². The highest BCUT2D eigenvalue weighted by Crippen LogP contribution is 2.21. The summed E-state index contributed by atoms with van der Waals surface area (Å²) in [6, 6.07) is 13.7. The third-order valence-electron chi connectivity index (χ3n) is 4.55. The fraction of sp³-hybridized carbons (Fsp3) is 0.316. The Hall–Kier alpha value is -2.11. The molecule has 0 aromatic heterocycles. The average molecular weight is 362 g/mol. The van der Waals surface area contributed by atoms with Crippen molar-refractivity contribution < 1.29 is 9.18 Å². The van der Waals surface area contributed by atoms with E-state index in [4.69, 9.17) is 11.6 Å². The molecule has 1 atom stereocenters. The molecule has 0 bridgehead atoms. The van der Waals surface area contributed by atoms with Crippen LogP contribution in [0.2, 0.25) is 5.02 Å². The van der Waals surface area contributed by atoms with Crippen molar-refractivity contribution in [2.75, 3.05) is 36.4 Å². The molecule has 1 saturated heterocycles. The Morgan fingerprint density at radius 2 is 1.84 bits per heavy atom. The number of carbonyl (C=O) groups is 1. The van der Waals surface area contributed by atoms with E-state index >= 15 is 0 Å². The number of nitrogens with one attached hydrogen (secondary N) is 1. The van der Waals surface area contributed by atoms with Crippen molar-refractivity contribution >= 4 is 28.9 Å². The first-order valence-electron chi connectivity index (χ1n) is 8.34. The highest BCUT2D eigenvalue weighted by atomic mass is 35.5. The molecule has 132 valence electrons. The van der Waals surface area contributed by atoms with Gasteiger partial charge in [-0.2, -0.15) is 0 Å². The van der Waals surface area contributed by atoms with Crippen LogP contribution >= 0.6 is 11.6 Å². The van der Waals surface area contributed by atoms with Crippen molar-refractivity contribution in [3.8, 4) is 0 Å². The van der Waals surface area contributed by atoms with E-state index in [1.807, 2.05) is 31.2 Å². The predicted molar refractivity (Wildman–Crippen MR) is 99.7 cm³/mol. The Bertz CT molecular complexity index is 747. The lowest BCUT2D eigenvalue weighted by Gasteiger charge is -2.38. The molecule has 3 rings (SSSR count). The van der Waals surface area contributed by atoms with Crippen molar-refractivity contribution in [3.05, 3.63) is 59.4 Å². The SMILES string of the molecule is C[C@H](C(=O)Nc1ccccc1F)N1CCN(c2cccc(Cl)c2)CC1. The number of halogens is 2. The van der Waals surface area contributed by atoms with Crippen molar-refractivity contribution in [1.82, 2.24) is 4.90 Å². The Kier molecular flexibility index (Phi) is 5.56. The number of carbonyl (C=O) groups excluding carboxylic acids is 1. The molecule has 1 aliphatic rings. The number of hydrogen-bond acceptors (Lipinski definition) is 3. The summed E-state index contributed by atoms with van der Waals surface area (Å²) in [4.78, 5) is 16.8. The van der Waals surface area contributed by atoms with Gasteiger partial charge < -0.3 is 10.2 Å². The zero-order valence-corrected chi connectivity index (χ0v) is 14.8. The number of benzene rings is 2. The first-order chi connectivity index (χ1) is 12.0. The van der Waals surface area contributed by atoms with Crippen LogP contribution in [0.4, 0.5) is 15.8 Å². The summed E-state index contributed by atoms with van der Waals surface area (Å²) in [5.41, 5.74) is 1.31.